The lowest BCUT2D eigenvalue weighted by Crippen LogP contribution is -2.59. The highest BCUT2D eigenvalue weighted by atomic mass is 19.3. The monoisotopic (exact) mass is 360 g/mol. The number of anilines is 1. The van der Waals surface area contributed by atoms with E-state index >= 15 is 0 Å². The van der Waals surface area contributed by atoms with Crippen molar-refractivity contribution in [1.82, 2.24) is 4.90 Å². The summed E-state index contributed by atoms with van der Waals surface area (Å²) in [6.45, 7) is 3.68. The SMILES string of the molecule is Cc1cc2c(cc1N1CCC(F)(F)C1)C[C@H]1[C@H]3CCCC[C@@]23CCN1C. The molecule has 26 heavy (non-hydrogen) atoms. The van der Waals surface area contributed by atoms with Crippen LogP contribution in [0.5, 0.6) is 0 Å². The van der Waals surface area contributed by atoms with Crippen molar-refractivity contribution in [3.05, 3.63) is 28.8 Å². The molecule has 3 atom stereocenters. The van der Waals surface area contributed by atoms with Crippen molar-refractivity contribution in [3.63, 3.8) is 0 Å². The van der Waals surface area contributed by atoms with E-state index in [0.717, 1.165) is 18.0 Å². The average Bonchev–Trinajstić information content (AvgIpc) is 2.98. The highest BCUT2D eigenvalue weighted by Crippen LogP contribution is 2.56. The molecule has 1 saturated carbocycles. The summed E-state index contributed by atoms with van der Waals surface area (Å²) in [6, 6.07) is 5.30. The van der Waals surface area contributed by atoms with E-state index in [1.54, 1.807) is 5.56 Å². The normalized spacial score (nSPS) is 35.9. The van der Waals surface area contributed by atoms with Crippen LogP contribution < -0.4 is 4.90 Å². The molecule has 0 spiro atoms. The van der Waals surface area contributed by atoms with Crippen LogP contribution in [0.15, 0.2) is 12.1 Å². The minimum absolute atomic E-state index is 0.0130. The zero-order valence-corrected chi connectivity index (χ0v) is 16.0. The molecule has 2 aliphatic carbocycles. The summed E-state index contributed by atoms with van der Waals surface area (Å²) < 4.78 is 27.5. The second-order valence-corrected chi connectivity index (χ2v) is 9.33. The molecular weight excluding hydrogens is 330 g/mol. The summed E-state index contributed by atoms with van der Waals surface area (Å²) in [5.74, 6) is -1.75. The molecule has 1 aromatic rings. The molecule has 0 aromatic heterocycles. The number of rotatable bonds is 1. The molecule has 1 aromatic carbocycles. The number of halogens is 2. The Morgan fingerprint density at radius 1 is 1.08 bits per heavy atom. The van der Waals surface area contributed by atoms with Crippen molar-refractivity contribution in [1.29, 1.82) is 0 Å². The maximum absolute atomic E-state index is 13.8. The Morgan fingerprint density at radius 2 is 1.92 bits per heavy atom. The second-order valence-electron chi connectivity index (χ2n) is 9.33. The predicted octanol–water partition coefficient (Wildman–Crippen LogP) is 4.53. The molecule has 0 unspecified atom stereocenters. The number of hydrogen-bond donors (Lipinski definition) is 0. The van der Waals surface area contributed by atoms with Gasteiger partial charge in [0.15, 0.2) is 0 Å². The Hall–Kier alpha value is -1.16. The van der Waals surface area contributed by atoms with Gasteiger partial charge in [0.25, 0.3) is 5.92 Å². The van der Waals surface area contributed by atoms with E-state index in [1.165, 1.54) is 49.8 Å². The molecule has 4 aliphatic rings. The Morgan fingerprint density at radius 3 is 2.69 bits per heavy atom. The third kappa shape index (κ3) is 2.37. The first-order valence-electron chi connectivity index (χ1n) is 10.4. The van der Waals surface area contributed by atoms with E-state index in [-0.39, 0.29) is 13.0 Å². The average molecular weight is 360 g/mol. The van der Waals surface area contributed by atoms with Crippen LogP contribution in [0.25, 0.3) is 0 Å². The first kappa shape index (κ1) is 17.0. The van der Waals surface area contributed by atoms with Crippen molar-refractivity contribution in [3.8, 4) is 0 Å². The zero-order chi connectivity index (χ0) is 18.1. The van der Waals surface area contributed by atoms with Crippen LogP contribution in [0.3, 0.4) is 0 Å². The van der Waals surface area contributed by atoms with E-state index in [4.69, 9.17) is 0 Å². The minimum atomic E-state index is -2.54. The Balaban J connectivity index is 1.59. The number of likely N-dealkylation sites (N-methyl/N-ethyl adjacent to an activating group) is 1. The largest absolute Gasteiger partial charge is 0.365 e. The molecule has 0 N–H and O–H groups in total. The van der Waals surface area contributed by atoms with Gasteiger partial charge in [0.2, 0.25) is 0 Å². The fourth-order valence-corrected chi connectivity index (χ4v) is 6.63. The number of alkyl halides is 2. The standard InChI is InChI=1S/C22H30F2N2/c1-15-11-18-16(12-19(15)26-10-8-22(23,24)14-26)13-20-17-5-3-4-6-21(17,18)7-9-25(20)2/h11-12,17,20H,3-10,13-14H2,1-2H3/t17-,20+,21+/m1/s1. The maximum atomic E-state index is 13.8. The summed E-state index contributed by atoms with van der Waals surface area (Å²) >= 11 is 0. The van der Waals surface area contributed by atoms with Gasteiger partial charge in [-0.2, -0.15) is 0 Å². The molecule has 2 aliphatic heterocycles. The Kier molecular flexibility index (Phi) is 3.70. The Labute approximate surface area is 155 Å². The third-order valence-electron chi connectivity index (χ3n) is 7.94. The lowest BCUT2D eigenvalue weighted by atomic mass is 9.52. The van der Waals surface area contributed by atoms with Gasteiger partial charge >= 0.3 is 0 Å². The van der Waals surface area contributed by atoms with Gasteiger partial charge in [0, 0.05) is 30.1 Å². The molecule has 2 bridgehead atoms. The van der Waals surface area contributed by atoms with Crippen LogP contribution in [0, 0.1) is 12.8 Å². The zero-order valence-electron chi connectivity index (χ0n) is 16.0. The molecule has 2 nitrogen and oxygen atoms in total. The van der Waals surface area contributed by atoms with Crippen LogP contribution in [-0.2, 0) is 11.8 Å². The van der Waals surface area contributed by atoms with Gasteiger partial charge in [-0.05, 0) is 74.9 Å². The fraction of sp³-hybridized carbons (Fsp3) is 0.727. The van der Waals surface area contributed by atoms with Gasteiger partial charge in [0.05, 0.1) is 6.54 Å². The van der Waals surface area contributed by atoms with Gasteiger partial charge in [0.1, 0.15) is 0 Å². The number of hydrogen-bond acceptors (Lipinski definition) is 2. The summed E-state index contributed by atoms with van der Waals surface area (Å²) in [4.78, 5) is 4.49. The first-order chi connectivity index (χ1) is 12.4. The van der Waals surface area contributed by atoms with Crippen molar-refractivity contribution < 1.29 is 8.78 Å². The smallest absolute Gasteiger partial charge is 0.266 e. The number of benzene rings is 1. The molecule has 3 fully saturated rings. The van der Waals surface area contributed by atoms with Gasteiger partial charge < -0.3 is 9.80 Å². The minimum Gasteiger partial charge on any atom is -0.365 e. The van der Waals surface area contributed by atoms with Crippen molar-refractivity contribution in [2.75, 3.05) is 31.6 Å². The number of piperidine rings is 1. The highest BCUT2D eigenvalue weighted by Gasteiger charge is 2.53. The van der Waals surface area contributed by atoms with Crippen LogP contribution >= 0.6 is 0 Å². The molecule has 142 valence electrons. The number of aryl methyl sites for hydroxylation is 1. The predicted molar refractivity (Wildman–Crippen MR) is 101 cm³/mol. The van der Waals surface area contributed by atoms with Crippen molar-refractivity contribution in [2.45, 2.75) is 69.2 Å². The van der Waals surface area contributed by atoms with E-state index in [9.17, 15) is 8.78 Å². The van der Waals surface area contributed by atoms with Gasteiger partial charge in [-0.25, -0.2) is 8.78 Å². The quantitative estimate of drug-likeness (QED) is 0.726. The molecule has 2 heterocycles. The summed E-state index contributed by atoms with van der Waals surface area (Å²) in [6.07, 6.45) is 7.72. The van der Waals surface area contributed by atoms with Gasteiger partial charge in [-0.1, -0.05) is 18.9 Å². The fourth-order valence-electron chi connectivity index (χ4n) is 6.63. The van der Waals surface area contributed by atoms with E-state index in [1.807, 2.05) is 4.90 Å². The lowest BCUT2D eigenvalue weighted by molar-refractivity contribution is 0.00283. The third-order valence-corrected chi connectivity index (χ3v) is 7.94. The van der Waals surface area contributed by atoms with Gasteiger partial charge in [-0.15, -0.1) is 0 Å². The van der Waals surface area contributed by atoms with Crippen molar-refractivity contribution in [2.24, 2.45) is 5.92 Å². The van der Waals surface area contributed by atoms with Crippen LogP contribution in [0.2, 0.25) is 0 Å². The summed E-state index contributed by atoms with van der Waals surface area (Å²) in [5.41, 5.74) is 5.60. The number of likely N-dealkylation sites (tertiary alicyclic amines) is 1. The maximum Gasteiger partial charge on any atom is 0.266 e. The van der Waals surface area contributed by atoms with E-state index in [2.05, 4.69) is 31.0 Å². The first-order valence-corrected chi connectivity index (χ1v) is 10.4. The Bertz CT molecular complexity index is 731. The topological polar surface area (TPSA) is 6.48 Å². The molecule has 4 heteroatoms. The highest BCUT2D eigenvalue weighted by molar-refractivity contribution is 5.60. The molecule has 0 amide bonds. The molecule has 0 radical (unpaired) electrons. The van der Waals surface area contributed by atoms with Crippen LogP contribution in [-0.4, -0.2) is 43.5 Å². The van der Waals surface area contributed by atoms with Gasteiger partial charge in [-0.3, -0.25) is 0 Å². The summed E-state index contributed by atoms with van der Waals surface area (Å²) in [7, 11) is 2.28. The number of nitrogens with zero attached hydrogens (tertiary/aromatic N) is 2. The second kappa shape index (κ2) is 5.67. The van der Waals surface area contributed by atoms with E-state index < -0.39 is 5.92 Å². The van der Waals surface area contributed by atoms with Crippen LogP contribution in [0.1, 0.15) is 55.2 Å². The summed E-state index contributed by atoms with van der Waals surface area (Å²) in [5, 5.41) is 0. The van der Waals surface area contributed by atoms with Crippen molar-refractivity contribution >= 4 is 5.69 Å². The lowest BCUT2D eigenvalue weighted by Gasteiger charge is -2.58. The molecular formula is C22H30F2N2. The molecule has 2 saturated heterocycles. The van der Waals surface area contributed by atoms with E-state index in [0.29, 0.717) is 18.0 Å². The van der Waals surface area contributed by atoms with Crippen LogP contribution in [0.4, 0.5) is 14.5 Å². The molecule has 5 rings (SSSR count). The number of fused-ring (bicyclic) bond motifs is 1.